The molecule has 0 saturated heterocycles. The van der Waals surface area contributed by atoms with Gasteiger partial charge in [-0.3, -0.25) is 9.59 Å². The second kappa shape index (κ2) is 10.4. The Hall–Kier alpha value is -3.49. The molecule has 1 atom stereocenters. The SMILES string of the molecule is CCCC(CNC(=O)C(F)(F)CNC(=O)OCC1c2ccccc2-c2ccccc21)C(=O)O. The molecule has 3 N–H and O–H groups in total. The van der Waals surface area contributed by atoms with Crippen molar-refractivity contribution in [2.45, 2.75) is 31.6 Å². The molecule has 0 fully saturated rings. The summed E-state index contributed by atoms with van der Waals surface area (Å²) in [6, 6.07) is 15.4. The van der Waals surface area contributed by atoms with Gasteiger partial charge in [-0.2, -0.15) is 8.78 Å². The molecule has 0 heterocycles. The zero-order valence-corrected chi connectivity index (χ0v) is 18.1. The molecule has 7 nitrogen and oxygen atoms in total. The lowest BCUT2D eigenvalue weighted by Gasteiger charge is -2.19. The van der Waals surface area contributed by atoms with Crippen molar-refractivity contribution in [3.8, 4) is 11.1 Å². The van der Waals surface area contributed by atoms with E-state index in [4.69, 9.17) is 9.84 Å². The molecule has 1 aliphatic carbocycles. The van der Waals surface area contributed by atoms with Crippen molar-refractivity contribution in [3.05, 3.63) is 59.7 Å². The fraction of sp³-hybridized carbons (Fsp3) is 0.375. The fourth-order valence-electron chi connectivity index (χ4n) is 3.92. The lowest BCUT2D eigenvalue weighted by molar-refractivity contribution is -0.146. The number of carboxylic acid groups (broad SMARTS) is 1. The van der Waals surface area contributed by atoms with E-state index in [0.29, 0.717) is 6.42 Å². The number of alkyl carbamates (subject to hydrolysis) is 1. The summed E-state index contributed by atoms with van der Waals surface area (Å²) >= 11 is 0. The summed E-state index contributed by atoms with van der Waals surface area (Å²) in [5.74, 6) is -7.91. The highest BCUT2D eigenvalue weighted by atomic mass is 19.3. The second-order valence-electron chi connectivity index (χ2n) is 7.92. The van der Waals surface area contributed by atoms with Crippen LogP contribution in [0.1, 0.15) is 36.8 Å². The average Bonchev–Trinajstić information content (AvgIpc) is 3.12. The van der Waals surface area contributed by atoms with Gasteiger partial charge in [0.15, 0.2) is 0 Å². The fourth-order valence-corrected chi connectivity index (χ4v) is 3.92. The molecule has 1 unspecified atom stereocenters. The standard InChI is InChI=1S/C24H26F2N2O5/c1-2-7-15(21(29)30)12-27-22(31)24(25,26)14-28-23(32)33-13-20-18-10-5-3-8-16(18)17-9-4-6-11-19(17)20/h3-6,8-11,15,20H,2,7,12-14H2,1H3,(H,27,31)(H,28,32)(H,29,30). The first-order valence-corrected chi connectivity index (χ1v) is 10.7. The molecule has 0 radical (unpaired) electrons. The Kier molecular flexibility index (Phi) is 7.63. The highest BCUT2D eigenvalue weighted by Crippen LogP contribution is 2.44. The Morgan fingerprint density at radius 1 is 1.03 bits per heavy atom. The minimum atomic E-state index is -3.92. The normalized spacial score (nSPS) is 13.5. The first-order chi connectivity index (χ1) is 15.7. The molecule has 0 spiro atoms. The molecule has 9 heteroatoms. The van der Waals surface area contributed by atoms with Crippen molar-refractivity contribution in [1.29, 1.82) is 0 Å². The van der Waals surface area contributed by atoms with Gasteiger partial charge in [-0.05, 0) is 28.7 Å². The number of halogens is 2. The van der Waals surface area contributed by atoms with Crippen LogP contribution in [0.3, 0.4) is 0 Å². The van der Waals surface area contributed by atoms with Gasteiger partial charge in [0.1, 0.15) is 6.61 Å². The van der Waals surface area contributed by atoms with E-state index < -0.39 is 42.9 Å². The molecule has 0 aromatic heterocycles. The molecule has 176 valence electrons. The summed E-state index contributed by atoms with van der Waals surface area (Å²) in [7, 11) is 0. The molecule has 2 aromatic rings. The Morgan fingerprint density at radius 2 is 1.61 bits per heavy atom. The van der Waals surface area contributed by atoms with E-state index in [-0.39, 0.29) is 18.9 Å². The van der Waals surface area contributed by atoms with Crippen LogP contribution in [0.2, 0.25) is 0 Å². The highest BCUT2D eigenvalue weighted by Gasteiger charge is 2.40. The predicted octanol–water partition coefficient (Wildman–Crippen LogP) is 3.78. The molecule has 1 aliphatic rings. The maximum Gasteiger partial charge on any atom is 0.407 e. The van der Waals surface area contributed by atoms with Gasteiger partial charge < -0.3 is 20.5 Å². The minimum absolute atomic E-state index is 0.0467. The van der Waals surface area contributed by atoms with Gasteiger partial charge in [0.2, 0.25) is 0 Å². The van der Waals surface area contributed by atoms with Crippen molar-refractivity contribution >= 4 is 18.0 Å². The summed E-state index contributed by atoms with van der Waals surface area (Å²) in [6.45, 7) is 0.0309. The first kappa shape index (κ1) is 24.2. The van der Waals surface area contributed by atoms with Crippen molar-refractivity contribution in [3.63, 3.8) is 0 Å². The van der Waals surface area contributed by atoms with Crippen LogP contribution in [-0.4, -0.2) is 48.7 Å². The number of alkyl halides is 2. The molecule has 2 amide bonds. The van der Waals surface area contributed by atoms with Gasteiger partial charge in [0.05, 0.1) is 12.5 Å². The van der Waals surface area contributed by atoms with Gasteiger partial charge in [0, 0.05) is 12.5 Å². The van der Waals surface area contributed by atoms with E-state index in [9.17, 15) is 23.2 Å². The zero-order chi connectivity index (χ0) is 24.0. The number of hydrogen-bond donors (Lipinski definition) is 3. The van der Waals surface area contributed by atoms with Gasteiger partial charge in [-0.25, -0.2) is 4.79 Å². The maximum atomic E-state index is 14.1. The van der Waals surface area contributed by atoms with E-state index in [1.807, 2.05) is 59.2 Å². The number of hydrogen-bond acceptors (Lipinski definition) is 4. The van der Waals surface area contributed by atoms with Crippen molar-refractivity contribution in [2.24, 2.45) is 5.92 Å². The van der Waals surface area contributed by atoms with E-state index >= 15 is 0 Å². The van der Waals surface area contributed by atoms with Crippen molar-refractivity contribution in [1.82, 2.24) is 10.6 Å². The van der Waals surface area contributed by atoms with Crippen LogP contribution in [0, 0.1) is 5.92 Å². The Bertz CT molecular complexity index is 982. The number of rotatable bonds is 10. The molecule has 0 bridgehead atoms. The lowest BCUT2D eigenvalue weighted by Crippen LogP contribution is -2.49. The van der Waals surface area contributed by atoms with Crippen LogP contribution in [0.4, 0.5) is 13.6 Å². The number of fused-ring (bicyclic) bond motifs is 3. The van der Waals surface area contributed by atoms with Crippen molar-refractivity contribution < 1.29 is 33.0 Å². The number of carbonyl (C=O) groups excluding carboxylic acids is 2. The summed E-state index contributed by atoms with van der Waals surface area (Å²) in [5.41, 5.74) is 4.04. The van der Waals surface area contributed by atoms with Crippen LogP contribution < -0.4 is 10.6 Å². The van der Waals surface area contributed by atoms with Gasteiger partial charge in [0.25, 0.3) is 5.91 Å². The number of ether oxygens (including phenoxy) is 1. The number of nitrogens with one attached hydrogen (secondary N) is 2. The molecular formula is C24H26F2N2O5. The molecular weight excluding hydrogens is 434 g/mol. The molecule has 2 aromatic carbocycles. The topological polar surface area (TPSA) is 105 Å². The minimum Gasteiger partial charge on any atom is -0.481 e. The first-order valence-electron chi connectivity index (χ1n) is 10.7. The van der Waals surface area contributed by atoms with E-state index in [2.05, 4.69) is 0 Å². The van der Waals surface area contributed by atoms with Gasteiger partial charge in [-0.15, -0.1) is 0 Å². The third-order valence-corrected chi connectivity index (χ3v) is 5.63. The largest absolute Gasteiger partial charge is 0.481 e. The molecule has 0 aliphatic heterocycles. The van der Waals surface area contributed by atoms with Gasteiger partial charge in [-0.1, -0.05) is 61.9 Å². The monoisotopic (exact) mass is 460 g/mol. The van der Waals surface area contributed by atoms with Crippen LogP contribution in [0.5, 0.6) is 0 Å². The average molecular weight is 460 g/mol. The lowest BCUT2D eigenvalue weighted by atomic mass is 9.98. The van der Waals surface area contributed by atoms with Gasteiger partial charge >= 0.3 is 18.0 Å². The molecule has 33 heavy (non-hydrogen) atoms. The number of benzene rings is 2. The highest BCUT2D eigenvalue weighted by molar-refractivity contribution is 5.85. The number of amides is 2. The van der Waals surface area contributed by atoms with Crippen LogP contribution in [-0.2, 0) is 14.3 Å². The summed E-state index contributed by atoms with van der Waals surface area (Å²) in [4.78, 5) is 35.0. The van der Waals surface area contributed by atoms with Crippen LogP contribution in [0.15, 0.2) is 48.5 Å². The number of carbonyl (C=O) groups is 3. The molecule has 0 saturated carbocycles. The quantitative estimate of drug-likeness (QED) is 0.501. The van der Waals surface area contributed by atoms with E-state index in [1.54, 1.807) is 6.92 Å². The van der Waals surface area contributed by atoms with Crippen LogP contribution >= 0.6 is 0 Å². The third kappa shape index (κ3) is 5.66. The maximum absolute atomic E-state index is 14.1. The third-order valence-electron chi connectivity index (χ3n) is 5.63. The second-order valence-corrected chi connectivity index (χ2v) is 7.92. The predicted molar refractivity (Wildman–Crippen MR) is 117 cm³/mol. The number of aliphatic carboxylic acids is 1. The van der Waals surface area contributed by atoms with E-state index in [1.165, 1.54) is 0 Å². The molecule has 3 rings (SSSR count). The zero-order valence-electron chi connectivity index (χ0n) is 18.1. The van der Waals surface area contributed by atoms with Crippen molar-refractivity contribution in [2.75, 3.05) is 19.7 Å². The number of carboxylic acids is 1. The van der Waals surface area contributed by atoms with E-state index in [0.717, 1.165) is 22.3 Å². The summed E-state index contributed by atoms with van der Waals surface area (Å²) < 4.78 is 33.4. The Balaban J connectivity index is 1.52. The Morgan fingerprint density at radius 3 is 2.15 bits per heavy atom. The van der Waals surface area contributed by atoms with Crippen LogP contribution in [0.25, 0.3) is 11.1 Å². The smallest absolute Gasteiger partial charge is 0.407 e. The Labute approximate surface area is 190 Å². The summed E-state index contributed by atoms with van der Waals surface area (Å²) in [5, 5.41) is 12.9. The summed E-state index contributed by atoms with van der Waals surface area (Å²) in [6.07, 6.45) is -0.287.